The van der Waals surface area contributed by atoms with E-state index >= 15 is 0 Å². The maximum Gasteiger partial charge on any atom is 0.209 e. The van der Waals surface area contributed by atoms with Crippen molar-refractivity contribution in [2.45, 2.75) is 26.3 Å². The van der Waals surface area contributed by atoms with E-state index in [-0.39, 0.29) is 12.5 Å². The van der Waals surface area contributed by atoms with Crippen LogP contribution in [0.4, 0.5) is 22.7 Å². The molecular weight excluding hydrogens is 428 g/mol. The summed E-state index contributed by atoms with van der Waals surface area (Å²) in [5.74, 6) is 0. The van der Waals surface area contributed by atoms with E-state index < -0.39 is 0 Å². The molecule has 0 aromatic heterocycles. The maximum atomic E-state index is 6.98. The van der Waals surface area contributed by atoms with Gasteiger partial charge in [-0.1, -0.05) is 72.8 Å². The monoisotopic (exact) mass is 462 g/mol. The van der Waals surface area contributed by atoms with Crippen molar-refractivity contribution < 1.29 is 4.74 Å². The summed E-state index contributed by atoms with van der Waals surface area (Å²) in [4.78, 5) is 0. The highest BCUT2D eigenvalue weighted by Crippen LogP contribution is 2.42. The normalized spacial score (nSPS) is 13.5. The molecule has 0 fully saturated rings. The first kappa shape index (κ1) is 24.4. The van der Waals surface area contributed by atoms with Crippen LogP contribution in [-0.4, -0.2) is 12.5 Å². The second kappa shape index (κ2) is 10.7. The van der Waals surface area contributed by atoms with Crippen LogP contribution in [0.25, 0.3) is 0 Å². The molecule has 0 saturated heterocycles. The summed E-state index contributed by atoms with van der Waals surface area (Å²) < 4.78 is 7.69. The van der Waals surface area contributed by atoms with Crippen LogP contribution < -0.4 is 8.97 Å². The summed E-state index contributed by atoms with van der Waals surface area (Å²) in [5, 5.41) is 0. The highest BCUT2D eigenvalue weighted by atomic mass is 16.5. The summed E-state index contributed by atoms with van der Waals surface area (Å²) in [6.45, 7) is 12.8. The topological polar surface area (TPSA) is 9.23 Å². The Kier molecular flexibility index (Phi) is 7.42. The zero-order chi connectivity index (χ0) is 24.7. The van der Waals surface area contributed by atoms with Gasteiger partial charge < -0.3 is 0 Å². The molecule has 0 aliphatic heterocycles. The van der Waals surface area contributed by atoms with Crippen molar-refractivity contribution in [1.29, 1.82) is 0 Å². The molecule has 176 valence electrons. The van der Waals surface area contributed by atoms with Gasteiger partial charge in [-0.3, -0.25) is 4.74 Å². The van der Waals surface area contributed by atoms with E-state index in [4.69, 9.17) is 4.74 Å². The van der Waals surface area contributed by atoms with Crippen LogP contribution in [0.5, 0.6) is 0 Å². The van der Waals surface area contributed by atoms with Crippen molar-refractivity contribution in [2.24, 2.45) is 0 Å². The van der Waals surface area contributed by atoms with E-state index in [1.165, 1.54) is 0 Å². The fourth-order valence-electron chi connectivity index (χ4n) is 5.03. The van der Waals surface area contributed by atoms with Gasteiger partial charge in [0, 0.05) is 62.4 Å². The van der Waals surface area contributed by atoms with Gasteiger partial charge >= 0.3 is 0 Å². The van der Waals surface area contributed by atoms with Crippen molar-refractivity contribution in [2.75, 3.05) is 0 Å². The summed E-state index contributed by atoms with van der Waals surface area (Å²) in [7, 11) is 0. The highest BCUT2D eigenvalue weighted by molar-refractivity contribution is 5.62. The first-order valence-corrected chi connectivity index (χ1v) is 12.0. The van der Waals surface area contributed by atoms with Gasteiger partial charge in [-0.05, 0) is 13.2 Å². The van der Waals surface area contributed by atoms with Crippen molar-refractivity contribution in [3.8, 4) is 0 Å². The first-order valence-electron chi connectivity index (χ1n) is 12.0. The van der Waals surface area contributed by atoms with Crippen LogP contribution in [0.15, 0.2) is 147 Å². The van der Waals surface area contributed by atoms with Gasteiger partial charge in [0.25, 0.3) is 0 Å². The van der Waals surface area contributed by atoms with Gasteiger partial charge in [-0.25, -0.2) is 8.97 Å². The number of hydrogen-bond acceptors (Lipinski definition) is 1. The van der Waals surface area contributed by atoms with Gasteiger partial charge in [0.05, 0.1) is 0 Å². The summed E-state index contributed by atoms with van der Waals surface area (Å²) in [6.07, 6.45) is 3.38. The maximum absolute atomic E-state index is 6.98. The summed E-state index contributed by atoms with van der Waals surface area (Å²) in [6, 6.07) is 41.6. The van der Waals surface area contributed by atoms with E-state index in [1.54, 1.807) is 0 Å². The molecule has 0 heterocycles. The first-order chi connectivity index (χ1) is 17.1. The summed E-state index contributed by atoms with van der Waals surface area (Å²) >= 11 is 0. The minimum Gasteiger partial charge on any atom is -0.274 e. The molecule has 0 amide bonds. The molecular formula is C32H34N2O+2. The highest BCUT2D eigenvalue weighted by Gasteiger charge is 2.44. The third-order valence-corrected chi connectivity index (χ3v) is 6.85. The van der Waals surface area contributed by atoms with E-state index in [0.29, 0.717) is 8.97 Å². The van der Waals surface area contributed by atoms with Crippen LogP contribution >= 0.6 is 0 Å². The lowest BCUT2D eigenvalue weighted by molar-refractivity contribution is -0.0828. The molecule has 35 heavy (non-hydrogen) atoms. The molecule has 0 saturated carbocycles. The Bertz CT molecular complexity index is 1050. The zero-order valence-corrected chi connectivity index (χ0v) is 20.6. The number of rotatable bonds is 10. The summed E-state index contributed by atoms with van der Waals surface area (Å²) in [5.41, 5.74) is 4.35. The van der Waals surface area contributed by atoms with Crippen molar-refractivity contribution in [1.82, 2.24) is 8.97 Å². The fraction of sp³-hybridized carbons (Fsp3) is 0.125. The predicted molar refractivity (Wildman–Crippen MR) is 149 cm³/mol. The second-order valence-corrected chi connectivity index (χ2v) is 8.60. The Morgan fingerprint density at radius 2 is 0.714 bits per heavy atom. The van der Waals surface area contributed by atoms with Crippen molar-refractivity contribution >= 4 is 22.7 Å². The minimum atomic E-state index is -0.280. The molecule has 4 aromatic carbocycles. The molecule has 0 aliphatic rings. The van der Waals surface area contributed by atoms with Crippen LogP contribution in [0.1, 0.15) is 13.8 Å². The number of ether oxygens (including phenoxy) is 1. The average Bonchev–Trinajstić information content (AvgIpc) is 2.93. The van der Waals surface area contributed by atoms with E-state index in [0.717, 1.165) is 22.7 Å². The van der Waals surface area contributed by atoms with Crippen LogP contribution in [0, 0.1) is 0 Å². The molecule has 0 N–H and O–H groups in total. The standard InChI is InChI=1S/C32H34N2O/c1-5-33(29-19-11-7-12-20-29,30-21-13-8-14-22-30)27(3)35-28(4)34(6-2,31-23-15-9-16-24-31)32-25-17-10-18-26-32/h5-28H,1-2H2,3-4H3/q+2. The van der Waals surface area contributed by atoms with Gasteiger partial charge in [0.2, 0.25) is 12.5 Å². The van der Waals surface area contributed by atoms with E-state index in [1.807, 2.05) is 36.7 Å². The Morgan fingerprint density at radius 3 is 0.914 bits per heavy atom. The molecule has 0 radical (unpaired) electrons. The van der Waals surface area contributed by atoms with Gasteiger partial charge in [-0.2, -0.15) is 0 Å². The molecule has 2 atom stereocenters. The van der Waals surface area contributed by atoms with Crippen molar-refractivity contribution in [3.05, 3.63) is 147 Å². The molecule has 3 nitrogen and oxygen atoms in total. The number of quaternary nitrogens is 2. The lowest BCUT2D eigenvalue weighted by Crippen LogP contribution is -2.55. The lowest BCUT2D eigenvalue weighted by atomic mass is 10.1. The zero-order valence-electron chi connectivity index (χ0n) is 20.6. The van der Waals surface area contributed by atoms with Crippen LogP contribution in [0.3, 0.4) is 0 Å². The van der Waals surface area contributed by atoms with E-state index in [9.17, 15) is 0 Å². The second-order valence-electron chi connectivity index (χ2n) is 8.60. The molecule has 0 spiro atoms. The Morgan fingerprint density at radius 1 is 0.486 bits per heavy atom. The van der Waals surface area contributed by atoms with Gasteiger partial charge in [0.15, 0.2) is 0 Å². The Labute approximate surface area is 209 Å². The minimum absolute atomic E-state index is 0.280. The predicted octanol–water partition coefficient (Wildman–Crippen LogP) is 8.66. The van der Waals surface area contributed by atoms with E-state index in [2.05, 4.69) is 124 Å². The largest absolute Gasteiger partial charge is 0.274 e. The molecule has 4 aromatic rings. The Balaban J connectivity index is 1.83. The smallest absolute Gasteiger partial charge is 0.209 e. The number of hydrogen-bond donors (Lipinski definition) is 0. The van der Waals surface area contributed by atoms with Crippen LogP contribution in [-0.2, 0) is 4.74 Å². The van der Waals surface area contributed by atoms with Gasteiger partial charge in [-0.15, -0.1) is 0 Å². The van der Waals surface area contributed by atoms with Crippen LogP contribution in [0.2, 0.25) is 0 Å². The molecule has 4 rings (SSSR count). The average molecular weight is 463 g/mol. The molecule has 2 unspecified atom stereocenters. The quantitative estimate of drug-likeness (QED) is 0.169. The number of nitrogens with zero attached hydrogens (tertiary/aromatic N) is 2. The number of para-hydroxylation sites is 4. The lowest BCUT2D eigenvalue weighted by Gasteiger charge is -2.43. The molecule has 3 heteroatoms. The third-order valence-electron chi connectivity index (χ3n) is 6.85. The van der Waals surface area contributed by atoms with Gasteiger partial charge in [0.1, 0.15) is 35.1 Å². The fourth-order valence-corrected chi connectivity index (χ4v) is 5.03. The SMILES string of the molecule is C=C[N+](c1ccccc1)(c1ccccc1)C(C)OC(C)[N+](C=C)(c1ccccc1)c1ccccc1. The number of benzene rings is 4. The molecule has 0 bridgehead atoms. The molecule has 0 aliphatic carbocycles. The third kappa shape index (κ3) is 4.38. The van der Waals surface area contributed by atoms with Crippen molar-refractivity contribution in [3.63, 3.8) is 0 Å². The Hall–Kier alpha value is -3.76.